The monoisotopic (exact) mass is 770 g/mol. The van der Waals surface area contributed by atoms with E-state index in [1.807, 2.05) is 64.6 Å². The van der Waals surface area contributed by atoms with Crippen LogP contribution < -0.4 is 10.2 Å². The lowest BCUT2D eigenvalue weighted by molar-refractivity contribution is -0.160. The fraction of sp³-hybridized carbons (Fsp3) is 0.304. The largest absolute Gasteiger partial charge is 0.390 e. The van der Waals surface area contributed by atoms with Crippen LogP contribution in [0.4, 0.5) is 20.3 Å². The predicted octanol–water partition coefficient (Wildman–Crippen LogP) is 8.97. The van der Waals surface area contributed by atoms with Gasteiger partial charge in [0.25, 0.3) is 11.8 Å². The quantitative estimate of drug-likeness (QED) is 0.0788. The number of ether oxygens (including phenoxy) is 1. The Labute approximate surface area is 329 Å². The van der Waals surface area contributed by atoms with Crippen molar-refractivity contribution in [3.05, 3.63) is 132 Å². The highest BCUT2D eigenvalue weighted by Crippen LogP contribution is 2.46. The highest BCUT2D eigenvalue weighted by atomic mass is 19.2. The van der Waals surface area contributed by atoms with Gasteiger partial charge >= 0.3 is 11.9 Å². The molecule has 2 atom stereocenters. The summed E-state index contributed by atoms with van der Waals surface area (Å²) in [5.74, 6) is -2.65. The van der Waals surface area contributed by atoms with Crippen LogP contribution in [0.2, 0.25) is 0 Å². The van der Waals surface area contributed by atoms with Crippen molar-refractivity contribution in [3.8, 4) is 0 Å². The van der Waals surface area contributed by atoms with Gasteiger partial charge in [0.2, 0.25) is 0 Å². The van der Waals surface area contributed by atoms with E-state index in [1.54, 1.807) is 67.6 Å². The number of rotatable bonds is 10. The molecule has 0 spiro atoms. The molecule has 57 heavy (non-hydrogen) atoms. The molecule has 292 valence electrons. The number of para-hydroxylation sites is 4. The topological polar surface area (TPSA) is 93.9 Å². The first-order chi connectivity index (χ1) is 27.5. The Bertz CT molecular complexity index is 2510. The van der Waals surface area contributed by atoms with Crippen molar-refractivity contribution in [3.63, 3.8) is 0 Å². The average Bonchev–Trinajstić information content (AvgIpc) is 3.70. The van der Waals surface area contributed by atoms with Crippen LogP contribution in [0.15, 0.2) is 109 Å². The van der Waals surface area contributed by atoms with Gasteiger partial charge in [-0.3, -0.25) is 9.59 Å². The second-order valence-electron chi connectivity index (χ2n) is 15.7. The molecule has 0 fully saturated rings. The predicted molar refractivity (Wildman–Crippen MR) is 215 cm³/mol. The molecular formula is C46H44F2N4O5. The van der Waals surface area contributed by atoms with E-state index in [2.05, 4.69) is 0 Å². The van der Waals surface area contributed by atoms with Crippen molar-refractivity contribution >= 4 is 56.9 Å². The normalized spacial score (nSPS) is 18.8. The fourth-order valence-electron chi connectivity index (χ4n) is 9.25. The van der Waals surface area contributed by atoms with Crippen molar-refractivity contribution in [1.82, 2.24) is 9.13 Å². The van der Waals surface area contributed by atoms with E-state index in [0.29, 0.717) is 44.9 Å². The minimum absolute atomic E-state index is 0.171. The van der Waals surface area contributed by atoms with E-state index in [0.717, 1.165) is 44.3 Å². The Morgan fingerprint density at radius 3 is 1.61 bits per heavy atom. The van der Waals surface area contributed by atoms with Crippen LogP contribution in [-0.4, -0.2) is 32.9 Å². The van der Waals surface area contributed by atoms with Gasteiger partial charge in [-0.05, 0) is 92.5 Å². The van der Waals surface area contributed by atoms with Crippen LogP contribution in [0.5, 0.6) is 0 Å². The molecule has 11 heteroatoms. The maximum atomic E-state index is 15.7. The van der Waals surface area contributed by atoms with Crippen molar-refractivity contribution in [2.24, 2.45) is 10.8 Å². The lowest BCUT2D eigenvalue weighted by Crippen LogP contribution is -2.44. The molecule has 0 radical (unpaired) electrons. The number of hydrogen-bond acceptors (Lipinski definition) is 5. The first-order valence-electron chi connectivity index (χ1n) is 19.6. The van der Waals surface area contributed by atoms with Crippen LogP contribution in [0.1, 0.15) is 62.0 Å². The van der Waals surface area contributed by atoms with E-state index < -0.39 is 34.6 Å². The van der Waals surface area contributed by atoms with Gasteiger partial charge in [-0.25, -0.2) is 9.59 Å². The summed E-state index contributed by atoms with van der Waals surface area (Å²) < 4.78 is 40.3. The lowest BCUT2D eigenvalue weighted by atomic mass is 9.69. The zero-order valence-electron chi connectivity index (χ0n) is 32.0. The van der Waals surface area contributed by atoms with Crippen LogP contribution in [0.25, 0.3) is 21.8 Å². The minimum atomic E-state index is -1.02. The van der Waals surface area contributed by atoms with Crippen LogP contribution >= 0.6 is 0 Å². The fourth-order valence-corrected chi connectivity index (χ4v) is 9.25. The molecule has 0 saturated carbocycles. The first kappa shape index (κ1) is 37.8. The molecule has 2 unspecified atom stereocenters. The highest BCUT2D eigenvalue weighted by molar-refractivity contribution is 5.99. The van der Waals surface area contributed by atoms with Gasteiger partial charge in [0.1, 0.15) is 13.1 Å². The van der Waals surface area contributed by atoms with E-state index in [-0.39, 0.29) is 41.1 Å². The number of anilines is 2. The third-order valence-electron chi connectivity index (χ3n) is 12.0. The molecule has 8 rings (SSSR count). The maximum Gasteiger partial charge on any atom is 0.333 e. The summed E-state index contributed by atoms with van der Waals surface area (Å²) in [5.41, 5.74) is 3.40. The van der Waals surface area contributed by atoms with Gasteiger partial charge < -0.3 is 13.9 Å². The summed E-state index contributed by atoms with van der Waals surface area (Å²) in [7, 11) is 0. The molecule has 2 aromatic heterocycles. The van der Waals surface area contributed by atoms with Crippen molar-refractivity contribution in [2.75, 3.05) is 10.2 Å². The molecule has 0 aliphatic heterocycles. The molecule has 9 nitrogen and oxygen atoms in total. The van der Waals surface area contributed by atoms with Gasteiger partial charge in [-0.2, -0.15) is 0 Å². The average molecular weight is 771 g/mol. The van der Waals surface area contributed by atoms with Crippen molar-refractivity contribution in [1.29, 1.82) is 0 Å². The minimum Gasteiger partial charge on any atom is -0.390 e. The lowest BCUT2D eigenvalue weighted by Gasteiger charge is -2.37. The molecule has 6 aromatic rings. The van der Waals surface area contributed by atoms with Crippen LogP contribution in [0.3, 0.4) is 0 Å². The first-order valence-corrected chi connectivity index (χ1v) is 19.6. The summed E-state index contributed by atoms with van der Waals surface area (Å²) in [6.45, 7) is 3.32. The zero-order valence-corrected chi connectivity index (χ0v) is 32.0. The number of fused-ring (bicyclic) bond motifs is 6. The standard InChI is InChI=1S/C46H44F2N4O5/c1-3-24-46(44(56)52(48)32-16-8-5-9-17-32)26-23-40-36(28-46)34-19-11-13-21-38(34)50(40)30-42(54)57-41(53)29-49-37-20-12-10-18-33(37)35-27-45(2,25-22-39(35)49)43(55)51(47)31-14-6-4-7-15-31/h4-21H,3,22-30H2,1-2H3. The summed E-state index contributed by atoms with van der Waals surface area (Å²) in [6, 6.07) is 31.7. The second-order valence-corrected chi connectivity index (χ2v) is 15.7. The number of carbonyl (C=O) groups excluding carboxylic acids is 4. The van der Waals surface area contributed by atoms with Gasteiger partial charge in [0.05, 0.1) is 22.2 Å². The number of hydrogen-bond donors (Lipinski definition) is 0. The SMILES string of the molecule is CCCC1(C(=O)N(F)c2ccccc2)CCc2c(c3ccccc3n2CC(=O)OC(=O)Cn2c3c(c4ccccc42)CC(C)(C(=O)N(F)c2ccccc2)CC3)C1. The van der Waals surface area contributed by atoms with E-state index >= 15 is 8.96 Å². The summed E-state index contributed by atoms with van der Waals surface area (Å²) >= 11 is 0. The summed E-state index contributed by atoms with van der Waals surface area (Å²) in [5, 5.41) is 2.23. The molecule has 2 amide bonds. The molecule has 0 bridgehead atoms. The number of nitrogens with zero attached hydrogens (tertiary/aromatic N) is 4. The second kappa shape index (κ2) is 15.1. The van der Waals surface area contributed by atoms with E-state index in [1.165, 1.54) is 0 Å². The molecule has 2 heterocycles. The van der Waals surface area contributed by atoms with Crippen LogP contribution in [-0.2, 0) is 62.7 Å². The molecule has 0 N–H and O–H groups in total. The Morgan fingerprint density at radius 1 is 0.632 bits per heavy atom. The van der Waals surface area contributed by atoms with Gasteiger partial charge in [0, 0.05) is 33.2 Å². The third-order valence-corrected chi connectivity index (χ3v) is 12.0. The molecule has 2 aliphatic rings. The van der Waals surface area contributed by atoms with Gasteiger partial charge in [0.15, 0.2) is 0 Å². The number of esters is 2. The zero-order chi connectivity index (χ0) is 39.9. The molecule has 2 aliphatic carbocycles. The summed E-state index contributed by atoms with van der Waals surface area (Å²) in [4.78, 5) is 54.6. The Hall–Kier alpha value is -6.10. The number of halogens is 2. The number of benzene rings is 4. The maximum absolute atomic E-state index is 15.7. The van der Waals surface area contributed by atoms with Crippen molar-refractivity contribution < 1.29 is 32.9 Å². The van der Waals surface area contributed by atoms with Gasteiger partial charge in [-0.15, -0.1) is 10.2 Å². The number of carbonyl (C=O) groups is 4. The number of aromatic nitrogens is 2. The molecule has 0 saturated heterocycles. The number of amides is 2. The third kappa shape index (κ3) is 6.79. The smallest absolute Gasteiger partial charge is 0.333 e. The Morgan fingerprint density at radius 2 is 1.09 bits per heavy atom. The summed E-state index contributed by atoms with van der Waals surface area (Å²) in [6.07, 6.45) is 3.42. The van der Waals surface area contributed by atoms with Gasteiger partial charge in [-0.1, -0.05) is 102 Å². The van der Waals surface area contributed by atoms with Crippen LogP contribution in [0, 0.1) is 10.8 Å². The van der Waals surface area contributed by atoms with E-state index in [4.69, 9.17) is 4.74 Å². The highest BCUT2D eigenvalue weighted by Gasteiger charge is 2.46. The Balaban J connectivity index is 1.01. The molecular weight excluding hydrogens is 727 g/mol. The van der Waals surface area contributed by atoms with Crippen molar-refractivity contribution in [2.45, 2.75) is 78.3 Å². The van der Waals surface area contributed by atoms with E-state index in [9.17, 15) is 19.2 Å². The Kier molecular flexibility index (Phi) is 10.0. The molecule has 4 aromatic carbocycles.